The summed E-state index contributed by atoms with van der Waals surface area (Å²) in [6.07, 6.45) is 1.49. The lowest BCUT2D eigenvalue weighted by atomic mass is 10.1. The van der Waals surface area contributed by atoms with Gasteiger partial charge in [0.2, 0.25) is 0 Å². The second-order valence-corrected chi connectivity index (χ2v) is 5.78. The first-order valence-corrected chi connectivity index (χ1v) is 7.11. The van der Waals surface area contributed by atoms with Crippen LogP contribution in [-0.2, 0) is 4.74 Å². The number of carbonyl (C=O) groups excluding carboxylic acids is 1. The summed E-state index contributed by atoms with van der Waals surface area (Å²) in [5, 5.41) is 8.78. The molecule has 2 fully saturated rings. The molecule has 0 spiro atoms. The van der Waals surface area contributed by atoms with E-state index < -0.39 is 0 Å². The Balaban J connectivity index is 1.84. The van der Waals surface area contributed by atoms with E-state index in [1.54, 1.807) is 12.1 Å². The lowest BCUT2D eigenvalue weighted by Gasteiger charge is -2.29. The average Bonchev–Trinajstić information content (AvgIpc) is 2.76. The summed E-state index contributed by atoms with van der Waals surface area (Å²) >= 11 is 0. The third-order valence-electron chi connectivity index (χ3n) is 4.04. The van der Waals surface area contributed by atoms with Crippen LogP contribution in [0.15, 0.2) is 18.3 Å². The van der Waals surface area contributed by atoms with Crippen molar-refractivity contribution in [1.29, 1.82) is 5.26 Å². The second kappa shape index (κ2) is 5.80. The van der Waals surface area contributed by atoms with Gasteiger partial charge in [-0.25, -0.2) is 4.98 Å². The lowest BCUT2D eigenvalue weighted by molar-refractivity contribution is 0.0483. The zero-order valence-electron chi connectivity index (χ0n) is 12.0. The highest BCUT2D eigenvalue weighted by Crippen LogP contribution is 2.20. The Bertz CT molecular complexity index is 566. The van der Waals surface area contributed by atoms with Gasteiger partial charge in [0.05, 0.1) is 24.8 Å². The maximum atomic E-state index is 12.7. The Kier molecular flexibility index (Phi) is 3.86. The Morgan fingerprint density at radius 3 is 2.95 bits per heavy atom. The van der Waals surface area contributed by atoms with Crippen molar-refractivity contribution in [3.05, 3.63) is 29.6 Å². The van der Waals surface area contributed by atoms with Crippen LogP contribution in [0.4, 0.5) is 0 Å². The molecule has 6 nitrogen and oxygen atoms in total. The smallest absolute Gasteiger partial charge is 0.255 e. The van der Waals surface area contributed by atoms with Crippen LogP contribution in [0.1, 0.15) is 16.1 Å². The van der Waals surface area contributed by atoms with E-state index in [9.17, 15) is 4.79 Å². The van der Waals surface area contributed by atoms with Crippen molar-refractivity contribution in [3.63, 3.8) is 0 Å². The molecule has 0 aromatic carbocycles. The Morgan fingerprint density at radius 2 is 2.24 bits per heavy atom. The van der Waals surface area contributed by atoms with Gasteiger partial charge in [-0.3, -0.25) is 4.79 Å². The standard InChI is InChI=1S/C15H18N4O2/c1-18-6-11-7-19(14(8-18)10-21-9-11)15(20)12-2-3-13(4-16)17-5-12/h2-3,5,11,14H,6-10H2,1H3/t11-,14-/m0/s1. The first-order chi connectivity index (χ1) is 10.2. The fourth-order valence-corrected chi connectivity index (χ4v) is 3.08. The second-order valence-electron chi connectivity index (χ2n) is 5.78. The van der Waals surface area contributed by atoms with E-state index in [1.807, 2.05) is 11.0 Å². The van der Waals surface area contributed by atoms with E-state index in [-0.39, 0.29) is 11.9 Å². The van der Waals surface area contributed by atoms with Crippen molar-refractivity contribution < 1.29 is 9.53 Å². The molecule has 2 atom stereocenters. The van der Waals surface area contributed by atoms with E-state index in [1.165, 1.54) is 6.20 Å². The monoisotopic (exact) mass is 286 g/mol. The van der Waals surface area contributed by atoms with Crippen LogP contribution in [0.2, 0.25) is 0 Å². The maximum Gasteiger partial charge on any atom is 0.255 e. The van der Waals surface area contributed by atoms with E-state index in [0.717, 1.165) is 13.1 Å². The summed E-state index contributed by atoms with van der Waals surface area (Å²) in [6.45, 7) is 3.78. The predicted octanol–water partition coefficient (Wildman–Crippen LogP) is 0.356. The van der Waals surface area contributed by atoms with E-state index in [2.05, 4.69) is 16.9 Å². The molecular weight excluding hydrogens is 268 g/mol. The molecule has 3 heterocycles. The van der Waals surface area contributed by atoms with Crippen LogP contribution in [0.25, 0.3) is 0 Å². The van der Waals surface area contributed by atoms with Gasteiger partial charge in [-0.2, -0.15) is 5.26 Å². The van der Waals surface area contributed by atoms with Gasteiger partial charge in [-0.05, 0) is 19.2 Å². The fourth-order valence-electron chi connectivity index (χ4n) is 3.08. The highest BCUT2D eigenvalue weighted by molar-refractivity contribution is 5.94. The molecule has 0 unspecified atom stereocenters. The number of nitrogens with zero attached hydrogens (tertiary/aromatic N) is 4. The fraction of sp³-hybridized carbons (Fsp3) is 0.533. The molecule has 0 N–H and O–H groups in total. The first-order valence-electron chi connectivity index (χ1n) is 7.11. The van der Waals surface area contributed by atoms with Crippen molar-refractivity contribution in [1.82, 2.24) is 14.8 Å². The summed E-state index contributed by atoms with van der Waals surface area (Å²) < 4.78 is 5.68. The van der Waals surface area contributed by atoms with Crippen molar-refractivity contribution in [2.45, 2.75) is 6.04 Å². The lowest BCUT2D eigenvalue weighted by Crippen LogP contribution is -2.46. The molecule has 2 bridgehead atoms. The number of nitriles is 1. The number of aromatic nitrogens is 1. The Labute approximate surface area is 123 Å². The minimum atomic E-state index is -0.0252. The molecule has 2 aliphatic heterocycles. The zero-order valence-corrected chi connectivity index (χ0v) is 12.0. The molecule has 0 radical (unpaired) electrons. The van der Waals surface area contributed by atoms with Gasteiger partial charge in [0.15, 0.2) is 0 Å². The summed E-state index contributed by atoms with van der Waals surface area (Å²) in [5.41, 5.74) is 0.855. The highest BCUT2D eigenvalue weighted by Gasteiger charge is 2.35. The van der Waals surface area contributed by atoms with Crippen LogP contribution in [0.5, 0.6) is 0 Å². The van der Waals surface area contributed by atoms with Gasteiger partial charge in [0, 0.05) is 31.7 Å². The number of hydrogen-bond donors (Lipinski definition) is 0. The number of hydrogen-bond acceptors (Lipinski definition) is 5. The van der Waals surface area contributed by atoms with Crippen molar-refractivity contribution in [2.75, 3.05) is 39.9 Å². The van der Waals surface area contributed by atoms with Crippen LogP contribution >= 0.6 is 0 Å². The average molecular weight is 286 g/mol. The van der Waals surface area contributed by atoms with Crippen molar-refractivity contribution in [3.8, 4) is 6.07 Å². The topological polar surface area (TPSA) is 69.5 Å². The number of pyridine rings is 1. The zero-order chi connectivity index (χ0) is 14.8. The molecule has 1 aromatic heterocycles. The van der Waals surface area contributed by atoms with E-state index in [4.69, 9.17) is 10.00 Å². The quantitative estimate of drug-likeness (QED) is 0.745. The van der Waals surface area contributed by atoms with Gasteiger partial charge < -0.3 is 14.5 Å². The Hall–Kier alpha value is -1.97. The largest absolute Gasteiger partial charge is 0.379 e. The van der Waals surface area contributed by atoms with Crippen molar-refractivity contribution in [2.24, 2.45) is 5.92 Å². The van der Waals surface area contributed by atoms with Gasteiger partial charge in [-0.15, -0.1) is 0 Å². The molecule has 2 aliphatic rings. The first kappa shape index (κ1) is 14.0. The van der Waals surface area contributed by atoms with Crippen LogP contribution in [0, 0.1) is 17.2 Å². The highest BCUT2D eigenvalue weighted by atomic mass is 16.5. The molecule has 2 saturated heterocycles. The molecule has 21 heavy (non-hydrogen) atoms. The van der Waals surface area contributed by atoms with E-state index in [0.29, 0.717) is 36.9 Å². The minimum absolute atomic E-state index is 0.0252. The molecular formula is C15H18N4O2. The molecule has 0 aliphatic carbocycles. The molecule has 0 saturated carbocycles. The third kappa shape index (κ3) is 2.89. The van der Waals surface area contributed by atoms with Gasteiger partial charge >= 0.3 is 0 Å². The normalized spacial score (nSPS) is 26.0. The SMILES string of the molecule is CN1C[C@@H]2COC[C@H](C1)N(C(=O)c1ccc(C#N)nc1)C2. The van der Waals surface area contributed by atoms with Crippen molar-refractivity contribution >= 4 is 5.91 Å². The molecule has 3 rings (SSSR count). The van der Waals surface area contributed by atoms with Crippen LogP contribution < -0.4 is 0 Å². The van der Waals surface area contributed by atoms with Gasteiger partial charge in [0.25, 0.3) is 5.91 Å². The Morgan fingerprint density at radius 1 is 1.38 bits per heavy atom. The summed E-state index contributed by atoms with van der Waals surface area (Å²) in [7, 11) is 2.09. The van der Waals surface area contributed by atoms with Crippen LogP contribution in [0.3, 0.4) is 0 Å². The predicted molar refractivity (Wildman–Crippen MR) is 75.6 cm³/mol. The summed E-state index contributed by atoms with van der Waals surface area (Å²) in [4.78, 5) is 20.9. The number of amides is 1. The minimum Gasteiger partial charge on any atom is -0.379 e. The molecule has 1 amide bonds. The summed E-state index contributed by atoms with van der Waals surface area (Å²) in [5.74, 6) is 0.320. The molecule has 6 heteroatoms. The number of ether oxygens (including phenoxy) is 1. The number of fused-ring (bicyclic) bond motifs is 3. The molecule has 1 aromatic rings. The summed E-state index contributed by atoms with van der Waals surface area (Å²) in [6, 6.07) is 5.29. The van der Waals surface area contributed by atoms with Gasteiger partial charge in [-0.1, -0.05) is 0 Å². The third-order valence-corrected chi connectivity index (χ3v) is 4.04. The number of likely N-dealkylation sites (N-methyl/N-ethyl adjacent to an activating group) is 1. The molecule has 110 valence electrons. The maximum absolute atomic E-state index is 12.7. The van der Waals surface area contributed by atoms with Crippen LogP contribution in [-0.4, -0.2) is 66.6 Å². The van der Waals surface area contributed by atoms with E-state index >= 15 is 0 Å². The number of rotatable bonds is 1. The van der Waals surface area contributed by atoms with Gasteiger partial charge in [0.1, 0.15) is 11.8 Å². The number of carbonyl (C=O) groups is 1.